The largest absolute Gasteiger partial charge is 0.451 e. The number of rotatable bonds is 8. The standard InChI is InChI=1S/C36H36ClN3O5/c37-27-14-12-24(13-15-27)21-30(38-35(43)33-22-31(41)29-9-3-4-10-32(29)45-33)36(44)39-19-16-25(17-20-39)28-8-2-1-7-26(28)23-40-18-6-5-11-34(40)42/h1-4,7-10,12-15,22,25,30H,5-6,11,16-21,23H2,(H,38,43)/t30-/m1/s1. The number of para-hydroxylation sites is 1. The third kappa shape index (κ3) is 7.12. The van der Waals surface area contributed by atoms with Crippen LogP contribution in [0.2, 0.25) is 5.02 Å². The van der Waals surface area contributed by atoms with Crippen molar-refractivity contribution in [1.29, 1.82) is 0 Å². The van der Waals surface area contributed by atoms with Gasteiger partial charge in [-0.3, -0.25) is 19.2 Å². The van der Waals surface area contributed by atoms with E-state index in [4.69, 9.17) is 16.0 Å². The van der Waals surface area contributed by atoms with Gasteiger partial charge in [-0.25, -0.2) is 0 Å². The predicted molar refractivity (Wildman–Crippen MR) is 173 cm³/mol. The van der Waals surface area contributed by atoms with Crippen molar-refractivity contribution >= 4 is 40.3 Å². The summed E-state index contributed by atoms with van der Waals surface area (Å²) >= 11 is 6.09. The van der Waals surface area contributed by atoms with Gasteiger partial charge in [0.2, 0.25) is 11.8 Å². The van der Waals surface area contributed by atoms with E-state index in [-0.39, 0.29) is 35.3 Å². The molecule has 0 aliphatic carbocycles. The molecule has 3 aromatic carbocycles. The lowest BCUT2D eigenvalue weighted by atomic mass is 9.86. The first-order chi connectivity index (χ1) is 21.9. The van der Waals surface area contributed by atoms with Gasteiger partial charge in [-0.05, 0) is 72.6 Å². The number of piperidine rings is 2. The molecule has 2 aliphatic rings. The van der Waals surface area contributed by atoms with E-state index >= 15 is 0 Å². The molecule has 2 aliphatic heterocycles. The molecule has 9 heteroatoms. The Bertz CT molecular complexity index is 1760. The summed E-state index contributed by atoms with van der Waals surface area (Å²) < 4.78 is 5.75. The van der Waals surface area contributed by atoms with Gasteiger partial charge in [0.15, 0.2) is 11.2 Å². The Morgan fingerprint density at radius 1 is 0.911 bits per heavy atom. The van der Waals surface area contributed by atoms with E-state index in [1.54, 1.807) is 36.4 Å². The maximum atomic E-state index is 14.0. The molecule has 45 heavy (non-hydrogen) atoms. The normalized spacial score (nSPS) is 16.5. The second-order valence-corrected chi connectivity index (χ2v) is 12.3. The first-order valence-electron chi connectivity index (χ1n) is 15.6. The number of carbonyl (C=O) groups excluding carboxylic acids is 3. The molecule has 1 aromatic heterocycles. The smallest absolute Gasteiger partial charge is 0.287 e. The number of carbonyl (C=O) groups is 3. The number of likely N-dealkylation sites (tertiary alicyclic amines) is 2. The molecule has 2 fully saturated rings. The van der Waals surface area contributed by atoms with Crippen LogP contribution in [0.15, 0.2) is 88.1 Å². The zero-order valence-corrected chi connectivity index (χ0v) is 25.8. The lowest BCUT2D eigenvalue weighted by Crippen LogP contribution is -2.51. The molecule has 4 aromatic rings. The van der Waals surface area contributed by atoms with Gasteiger partial charge in [0.05, 0.1) is 5.39 Å². The maximum absolute atomic E-state index is 14.0. The predicted octanol–water partition coefficient (Wildman–Crippen LogP) is 5.71. The Morgan fingerprint density at radius 3 is 2.42 bits per heavy atom. The second-order valence-electron chi connectivity index (χ2n) is 11.9. The van der Waals surface area contributed by atoms with Crippen LogP contribution in [0.1, 0.15) is 65.3 Å². The van der Waals surface area contributed by atoms with Crippen LogP contribution in [-0.4, -0.2) is 53.2 Å². The fourth-order valence-corrected chi connectivity index (χ4v) is 6.57. The lowest BCUT2D eigenvalue weighted by Gasteiger charge is -2.36. The number of hydrogen-bond donors (Lipinski definition) is 1. The minimum Gasteiger partial charge on any atom is -0.451 e. The summed E-state index contributed by atoms with van der Waals surface area (Å²) in [6.07, 6.45) is 4.42. The van der Waals surface area contributed by atoms with Crippen LogP contribution in [0.5, 0.6) is 0 Å². The molecule has 0 radical (unpaired) electrons. The van der Waals surface area contributed by atoms with Crippen LogP contribution in [0.4, 0.5) is 0 Å². The topological polar surface area (TPSA) is 99.9 Å². The average Bonchev–Trinajstić information content (AvgIpc) is 3.06. The molecule has 2 saturated heterocycles. The zero-order valence-electron chi connectivity index (χ0n) is 25.0. The first-order valence-corrected chi connectivity index (χ1v) is 16.0. The van der Waals surface area contributed by atoms with E-state index < -0.39 is 11.9 Å². The molecule has 3 amide bonds. The minimum absolute atomic E-state index is 0.143. The monoisotopic (exact) mass is 625 g/mol. The lowest BCUT2D eigenvalue weighted by molar-refractivity contribution is -0.135. The summed E-state index contributed by atoms with van der Waals surface area (Å²) in [7, 11) is 0. The van der Waals surface area contributed by atoms with Crippen molar-refractivity contribution in [2.24, 2.45) is 0 Å². The van der Waals surface area contributed by atoms with Crippen LogP contribution in [0.25, 0.3) is 11.0 Å². The van der Waals surface area contributed by atoms with Crippen LogP contribution < -0.4 is 10.7 Å². The first kappa shape index (κ1) is 30.6. The summed E-state index contributed by atoms with van der Waals surface area (Å²) in [6.45, 7) is 2.49. The molecule has 6 rings (SSSR count). The van der Waals surface area contributed by atoms with E-state index in [2.05, 4.69) is 17.4 Å². The molecule has 3 heterocycles. The van der Waals surface area contributed by atoms with Crippen molar-refractivity contribution in [3.05, 3.63) is 117 Å². The van der Waals surface area contributed by atoms with Crippen LogP contribution in [-0.2, 0) is 22.6 Å². The fraction of sp³-hybridized carbons (Fsp3) is 0.333. The van der Waals surface area contributed by atoms with Crippen molar-refractivity contribution in [2.45, 2.75) is 57.0 Å². The van der Waals surface area contributed by atoms with Gasteiger partial charge in [0.25, 0.3) is 5.91 Å². The quantitative estimate of drug-likeness (QED) is 0.271. The Labute approximate surface area is 267 Å². The molecule has 232 valence electrons. The number of halogens is 1. The molecule has 1 N–H and O–H groups in total. The van der Waals surface area contributed by atoms with E-state index in [1.165, 1.54) is 17.2 Å². The SMILES string of the molecule is O=C(N[C@H](Cc1ccc(Cl)cc1)C(=O)N1CCC(c2ccccc2CN2CCCCC2=O)CC1)c1cc(=O)c2ccccc2o1. The molecule has 0 unspecified atom stereocenters. The van der Waals surface area contributed by atoms with E-state index in [1.807, 2.05) is 34.1 Å². The van der Waals surface area contributed by atoms with E-state index in [0.717, 1.165) is 37.8 Å². The highest BCUT2D eigenvalue weighted by atomic mass is 35.5. The molecule has 0 saturated carbocycles. The third-order valence-electron chi connectivity index (χ3n) is 8.90. The van der Waals surface area contributed by atoms with Crippen LogP contribution in [0, 0.1) is 0 Å². The van der Waals surface area contributed by atoms with Gasteiger partial charge in [-0.2, -0.15) is 0 Å². The van der Waals surface area contributed by atoms with Gasteiger partial charge < -0.3 is 19.5 Å². The number of fused-ring (bicyclic) bond motifs is 1. The van der Waals surface area contributed by atoms with Gasteiger partial charge in [0.1, 0.15) is 11.6 Å². The number of amides is 3. The molecule has 8 nitrogen and oxygen atoms in total. The third-order valence-corrected chi connectivity index (χ3v) is 9.15. The van der Waals surface area contributed by atoms with Gasteiger partial charge >= 0.3 is 0 Å². The molecular weight excluding hydrogens is 590 g/mol. The van der Waals surface area contributed by atoms with Gasteiger partial charge in [-0.15, -0.1) is 0 Å². The molecule has 0 bridgehead atoms. The van der Waals surface area contributed by atoms with Gasteiger partial charge in [0, 0.05) is 50.1 Å². The summed E-state index contributed by atoms with van der Waals surface area (Å²) in [6, 6.07) is 22.5. The molecular formula is C36H36ClN3O5. The van der Waals surface area contributed by atoms with E-state index in [0.29, 0.717) is 42.0 Å². The second kappa shape index (κ2) is 13.7. The molecule has 1 atom stereocenters. The zero-order chi connectivity index (χ0) is 31.3. The summed E-state index contributed by atoms with van der Waals surface area (Å²) in [5.74, 6) is -0.474. The highest BCUT2D eigenvalue weighted by molar-refractivity contribution is 6.30. The Hall–Kier alpha value is -4.43. The van der Waals surface area contributed by atoms with Crippen molar-refractivity contribution in [3.8, 4) is 0 Å². The highest BCUT2D eigenvalue weighted by Gasteiger charge is 2.32. The summed E-state index contributed by atoms with van der Waals surface area (Å²) in [5.41, 5.74) is 3.23. The van der Waals surface area contributed by atoms with Crippen molar-refractivity contribution < 1.29 is 18.8 Å². The number of nitrogens with one attached hydrogen (secondary N) is 1. The fourth-order valence-electron chi connectivity index (χ4n) is 6.44. The van der Waals surface area contributed by atoms with E-state index in [9.17, 15) is 19.2 Å². The van der Waals surface area contributed by atoms with Crippen LogP contribution in [0.3, 0.4) is 0 Å². The summed E-state index contributed by atoms with van der Waals surface area (Å²) in [5, 5.41) is 3.82. The Balaban J connectivity index is 1.17. The number of nitrogens with zero attached hydrogens (tertiary/aromatic N) is 2. The van der Waals surface area contributed by atoms with Crippen molar-refractivity contribution in [1.82, 2.24) is 15.1 Å². The Kier molecular flexibility index (Phi) is 9.31. The van der Waals surface area contributed by atoms with Gasteiger partial charge in [-0.1, -0.05) is 60.1 Å². The number of benzene rings is 3. The number of hydrogen-bond acceptors (Lipinski definition) is 5. The average molecular weight is 626 g/mol. The maximum Gasteiger partial charge on any atom is 0.287 e. The highest BCUT2D eigenvalue weighted by Crippen LogP contribution is 2.32. The van der Waals surface area contributed by atoms with Crippen molar-refractivity contribution in [2.75, 3.05) is 19.6 Å². The summed E-state index contributed by atoms with van der Waals surface area (Å²) in [4.78, 5) is 56.3. The Morgan fingerprint density at radius 2 is 1.64 bits per heavy atom. The van der Waals surface area contributed by atoms with Crippen molar-refractivity contribution in [3.63, 3.8) is 0 Å². The van der Waals surface area contributed by atoms with Crippen LogP contribution >= 0.6 is 11.6 Å². The molecule has 0 spiro atoms. The minimum atomic E-state index is -0.871.